The van der Waals surface area contributed by atoms with Crippen molar-refractivity contribution in [3.8, 4) is 17.9 Å². The van der Waals surface area contributed by atoms with E-state index in [0.29, 0.717) is 0 Å². The monoisotopic (exact) mass is 216 g/mol. The lowest BCUT2D eigenvalue weighted by Gasteiger charge is -1.91. The molecule has 0 atom stereocenters. The summed E-state index contributed by atoms with van der Waals surface area (Å²) in [6.45, 7) is 0. The Morgan fingerprint density at radius 2 is 1.76 bits per heavy atom. The Morgan fingerprint density at radius 3 is 2.65 bits per heavy atom. The van der Waals surface area contributed by atoms with E-state index in [-0.39, 0.29) is 0 Å². The van der Waals surface area contributed by atoms with E-state index in [0.717, 1.165) is 16.6 Å². The summed E-state index contributed by atoms with van der Waals surface area (Å²) in [5.41, 5.74) is 3.02. The summed E-state index contributed by atoms with van der Waals surface area (Å²) in [5, 5.41) is 10.8. The molecule has 1 aromatic heterocycles. The molecule has 1 heterocycles. The molecular formula is C15H8N2. The molecule has 0 aliphatic carbocycles. The first-order valence-corrected chi connectivity index (χ1v) is 5.29. The number of fused-ring (bicyclic) bond motifs is 3. The van der Waals surface area contributed by atoms with Crippen molar-refractivity contribution >= 4 is 21.8 Å². The number of hydrogen-bond acceptors (Lipinski definition) is 1. The highest BCUT2D eigenvalue weighted by atomic mass is 14.7. The maximum atomic E-state index is 8.42. The summed E-state index contributed by atoms with van der Waals surface area (Å²) in [6.07, 6.45) is 0. The average Bonchev–Trinajstić information content (AvgIpc) is 2.74. The maximum Gasteiger partial charge on any atom is 0.152 e. The van der Waals surface area contributed by atoms with Crippen LogP contribution in [0.2, 0.25) is 0 Å². The van der Waals surface area contributed by atoms with Gasteiger partial charge in [-0.3, -0.25) is 0 Å². The highest BCUT2D eigenvalue weighted by molar-refractivity contribution is 6.07. The second-order valence-corrected chi connectivity index (χ2v) is 3.79. The van der Waals surface area contributed by atoms with E-state index < -0.39 is 0 Å². The van der Waals surface area contributed by atoms with Crippen LogP contribution in [0.4, 0.5) is 0 Å². The Labute approximate surface area is 98.5 Å². The summed E-state index contributed by atoms with van der Waals surface area (Å²) in [4.78, 5) is 3.34. The number of aromatic amines is 1. The van der Waals surface area contributed by atoms with Crippen molar-refractivity contribution in [3.05, 3.63) is 48.0 Å². The first kappa shape index (κ1) is 9.51. The van der Waals surface area contributed by atoms with E-state index in [1.807, 2.05) is 36.4 Å². The fourth-order valence-corrected chi connectivity index (χ4v) is 2.03. The van der Waals surface area contributed by atoms with Gasteiger partial charge in [0.25, 0.3) is 0 Å². The van der Waals surface area contributed by atoms with E-state index in [1.54, 1.807) is 0 Å². The summed E-state index contributed by atoms with van der Waals surface area (Å²) in [6, 6.07) is 15.9. The minimum absolute atomic E-state index is 0.852. The number of rotatable bonds is 0. The average molecular weight is 216 g/mol. The van der Waals surface area contributed by atoms with E-state index >= 15 is 0 Å². The molecule has 0 radical (unpaired) electrons. The topological polar surface area (TPSA) is 39.6 Å². The predicted molar refractivity (Wildman–Crippen MR) is 68.3 cm³/mol. The van der Waals surface area contributed by atoms with Crippen molar-refractivity contribution in [1.29, 1.82) is 5.26 Å². The van der Waals surface area contributed by atoms with Gasteiger partial charge in [-0.15, -0.1) is 0 Å². The lowest BCUT2D eigenvalue weighted by atomic mass is 10.1. The van der Waals surface area contributed by atoms with Crippen LogP contribution in [0, 0.1) is 23.2 Å². The van der Waals surface area contributed by atoms with Gasteiger partial charge in [-0.05, 0) is 18.2 Å². The number of para-hydroxylation sites is 1. The SMILES string of the molecule is N#CC#Cc1ccc2c(c1)[nH]c1ccccc12. The van der Waals surface area contributed by atoms with Crippen molar-refractivity contribution < 1.29 is 0 Å². The number of nitriles is 1. The first-order chi connectivity index (χ1) is 8.38. The van der Waals surface area contributed by atoms with Gasteiger partial charge in [0.05, 0.1) is 0 Å². The Morgan fingerprint density at radius 1 is 0.941 bits per heavy atom. The third-order valence-electron chi connectivity index (χ3n) is 2.77. The molecule has 0 unspecified atom stereocenters. The van der Waals surface area contributed by atoms with Crippen LogP contribution in [0.3, 0.4) is 0 Å². The molecule has 1 N–H and O–H groups in total. The van der Waals surface area contributed by atoms with Crippen LogP contribution in [0.25, 0.3) is 21.8 Å². The molecule has 3 aromatic rings. The maximum absolute atomic E-state index is 8.42. The molecule has 0 spiro atoms. The van der Waals surface area contributed by atoms with Crippen LogP contribution >= 0.6 is 0 Å². The number of nitrogens with zero attached hydrogens (tertiary/aromatic N) is 1. The standard InChI is InChI=1S/C15H8N2/c16-9-3-4-11-7-8-13-12-5-1-2-6-14(12)17-15(13)10-11/h1-2,5-8,10,17H. The van der Waals surface area contributed by atoms with Crippen LogP contribution in [-0.2, 0) is 0 Å². The molecule has 17 heavy (non-hydrogen) atoms. The molecular weight excluding hydrogens is 208 g/mol. The van der Waals surface area contributed by atoms with Crippen LogP contribution in [0.5, 0.6) is 0 Å². The third kappa shape index (κ3) is 1.53. The lowest BCUT2D eigenvalue weighted by molar-refractivity contribution is 1.53. The molecule has 78 valence electrons. The molecule has 0 amide bonds. The van der Waals surface area contributed by atoms with Gasteiger partial charge < -0.3 is 4.98 Å². The van der Waals surface area contributed by atoms with Crippen LogP contribution in [0.15, 0.2) is 42.5 Å². The van der Waals surface area contributed by atoms with Gasteiger partial charge in [0.15, 0.2) is 6.07 Å². The number of benzene rings is 2. The fraction of sp³-hybridized carbons (Fsp3) is 0. The minimum atomic E-state index is 0.852. The van der Waals surface area contributed by atoms with E-state index in [2.05, 4.69) is 29.0 Å². The molecule has 0 aliphatic heterocycles. The smallest absolute Gasteiger partial charge is 0.152 e. The minimum Gasteiger partial charge on any atom is -0.354 e. The van der Waals surface area contributed by atoms with Gasteiger partial charge in [0, 0.05) is 33.3 Å². The molecule has 0 saturated heterocycles. The Bertz CT molecular complexity index is 807. The van der Waals surface area contributed by atoms with Crippen molar-refractivity contribution in [2.24, 2.45) is 0 Å². The summed E-state index contributed by atoms with van der Waals surface area (Å²) >= 11 is 0. The summed E-state index contributed by atoms with van der Waals surface area (Å²) in [5.74, 6) is 5.20. The summed E-state index contributed by atoms with van der Waals surface area (Å²) in [7, 11) is 0. The number of hydrogen-bond donors (Lipinski definition) is 1. The Balaban J connectivity index is 2.31. The van der Waals surface area contributed by atoms with Gasteiger partial charge in [-0.2, -0.15) is 5.26 Å². The third-order valence-corrected chi connectivity index (χ3v) is 2.77. The molecule has 0 saturated carbocycles. The van der Waals surface area contributed by atoms with Gasteiger partial charge in [-0.1, -0.05) is 30.2 Å². The van der Waals surface area contributed by atoms with Gasteiger partial charge in [0.2, 0.25) is 0 Å². The number of H-pyrrole nitrogens is 1. The lowest BCUT2D eigenvalue weighted by Crippen LogP contribution is -1.74. The van der Waals surface area contributed by atoms with Crippen molar-refractivity contribution in [2.75, 3.05) is 0 Å². The molecule has 0 fully saturated rings. The highest BCUT2D eigenvalue weighted by Gasteiger charge is 2.02. The van der Waals surface area contributed by atoms with Crippen LogP contribution < -0.4 is 0 Å². The molecule has 2 heteroatoms. The zero-order valence-corrected chi connectivity index (χ0v) is 8.99. The first-order valence-electron chi connectivity index (χ1n) is 5.29. The zero-order valence-electron chi connectivity index (χ0n) is 8.99. The molecule has 3 rings (SSSR count). The van der Waals surface area contributed by atoms with Gasteiger partial charge in [0.1, 0.15) is 0 Å². The second-order valence-electron chi connectivity index (χ2n) is 3.79. The predicted octanol–water partition coefficient (Wildman–Crippen LogP) is 3.20. The largest absolute Gasteiger partial charge is 0.354 e. The normalized spacial score (nSPS) is 9.82. The zero-order chi connectivity index (χ0) is 11.7. The van der Waals surface area contributed by atoms with E-state index in [9.17, 15) is 0 Å². The highest BCUT2D eigenvalue weighted by Crippen LogP contribution is 2.25. The second kappa shape index (κ2) is 3.70. The fourth-order valence-electron chi connectivity index (χ4n) is 2.03. The van der Waals surface area contributed by atoms with Crippen molar-refractivity contribution in [3.63, 3.8) is 0 Å². The van der Waals surface area contributed by atoms with Crippen molar-refractivity contribution in [1.82, 2.24) is 4.98 Å². The molecule has 0 aliphatic rings. The number of aromatic nitrogens is 1. The van der Waals surface area contributed by atoms with Gasteiger partial charge >= 0.3 is 0 Å². The molecule has 2 nitrogen and oxygen atoms in total. The van der Waals surface area contributed by atoms with Crippen LogP contribution in [0.1, 0.15) is 5.56 Å². The molecule has 2 aromatic carbocycles. The number of nitrogens with one attached hydrogen (secondary N) is 1. The van der Waals surface area contributed by atoms with E-state index in [4.69, 9.17) is 5.26 Å². The van der Waals surface area contributed by atoms with Gasteiger partial charge in [-0.25, -0.2) is 0 Å². The Kier molecular flexibility index (Phi) is 2.07. The van der Waals surface area contributed by atoms with E-state index in [1.165, 1.54) is 10.8 Å². The Hall–Kier alpha value is -2.71. The molecule has 0 bridgehead atoms. The quantitative estimate of drug-likeness (QED) is 0.576. The van der Waals surface area contributed by atoms with Crippen molar-refractivity contribution in [2.45, 2.75) is 0 Å². The van der Waals surface area contributed by atoms with Crippen LogP contribution in [-0.4, -0.2) is 4.98 Å². The summed E-state index contributed by atoms with van der Waals surface area (Å²) < 4.78 is 0.